The number of anilines is 1. The van der Waals surface area contributed by atoms with E-state index in [0.29, 0.717) is 23.3 Å². The molecule has 0 bridgehead atoms. The number of ether oxygens (including phenoxy) is 1. The minimum absolute atomic E-state index is 0.240. The van der Waals surface area contributed by atoms with Gasteiger partial charge in [0.1, 0.15) is 24.1 Å². The summed E-state index contributed by atoms with van der Waals surface area (Å²) in [4.78, 5) is 12.2. The Balaban J connectivity index is 1.61. The van der Waals surface area contributed by atoms with Crippen molar-refractivity contribution in [1.82, 2.24) is 19.5 Å². The Morgan fingerprint density at radius 2 is 2.15 bits per heavy atom. The first-order valence-corrected chi connectivity index (χ1v) is 9.36. The average Bonchev–Trinajstić information content (AvgIpc) is 3.18. The summed E-state index contributed by atoms with van der Waals surface area (Å²) in [5, 5.41) is 29.3. The fourth-order valence-corrected chi connectivity index (χ4v) is 3.87. The molecule has 1 fully saturated rings. The third-order valence-electron chi connectivity index (χ3n) is 4.25. The van der Waals surface area contributed by atoms with Crippen molar-refractivity contribution in [2.24, 2.45) is 5.73 Å². The zero-order chi connectivity index (χ0) is 18.7. The number of nitriles is 1. The Bertz CT molecular complexity index is 795. The van der Waals surface area contributed by atoms with E-state index >= 15 is 0 Å². The van der Waals surface area contributed by atoms with Crippen LogP contribution in [0.5, 0.6) is 0 Å². The van der Waals surface area contributed by atoms with Gasteiger partial charge in [-0.05, 0) is 18.6 Å². The van der Waals surface area contributed by atoms with E-state index in [1.165, 1.54) is 12.7 Å². The molecule has 1 aliphatic heterocycles. The molecule has 6 N–H and O–H groups in total. The summed E-state index contributed by atoms with van der Waals surface area (Å²) in [7, 11) is 0. The van der Waals surface area contributed by atoms with E-state index in [0.717, 1.165) is 12.2 Å². The first-order chi connectivity index (χ1) is 12.5. The Morgan fingerprint density at radius 3 is 2.92 bits per heavy atom. The van der Waals surface area contributed by atoms with Gasteiger partial charge in [0.2, 0.25) is 0 Å². The molecule has 0 spiro atoms. The number of hydrogen-bond donors (Lipinski definition) is 4. The van der Waals surface area contributed by atoms with Gasteiger partial charge in [0.05, 0.1) is 24.5 Å². The molecule has 26 heavy (non-hydrogen) atoms. The van der Waals surface area contributed by atoms with Gasteiger partial charge < -0.3 is 26.4 Å². The van der Waals surface area contributed by atoms with Gasteiger partial charge >= 0.3 is 0 Å². The minimum Gasteiger partial charge on any atom is -0.387 e. The van der Waals surface area contributed by atoms with Crippen LogP contribution < -0.4 is 11.5 Å². The summed E-state index contributed by atoms with van der Waals surface area (Å²) in [5.41, 5.74) is 12.2. The smallest absolute Gasteiger partial charge is 0.167 e. The number of aliphatic hydroxyl groups excluding tert-OH is 2. The van der Waals surface area contributed by atoms with Gasteiger partial charge in [-0.2, -0.15) is 17.0 Å². The number of imidazole rings is 1. The summed E-state index contributed by atoms with van der Waals surface area (Å²) < 4.78 is 7.40. The van der Waals surface area contributed by atoms with Crippen LogP contribution in [0.25, 0.3) is 11.2 Å². The Kier molecular flexibility index (Phi) is 5.90. The molecule has 11 heteroatoms. The van der Waals surface area contributed by atoms with Crippen molar-refractivity contribution in [2.75, 3.05) is 17.2 Å². The number of nitrogens with zero attached hydrogens (tertiary/aromatic N) is 5. The maximum absolute atomic E-state index is 10.4. The van der Waals surface area contributed by atoms with Gasteiger partial charge in [-0.25, -0.2) is 15.0 Å². The van der Waals surface area contributed by atoms with Crippen LogP contribution in [-0.4, -0.2) is 65.6 Å². The monoisotopic (exact) mass is 379 g/mol. The standard InChI is InChI=1S/C15H21N7O3S/c16-4-8(17)2-1-3-26-5-9-11(23)12(24)15(25-9)22-7-21-10-13(18)19-6-20-14(10)22/h6-9,11-12,15,23-24H,1-3,5,17H2,(H2,18,19,20). The molecular formula is C15H21N7O3S. The van der Waals surface area contributed by atoms with E-state index in [4.69, 9.17) is 21.5 Å². The summed E-state index contributed by atoms with van der Waals surface area (Å²) in [6.07, 6.45) is 0.749. The molecule has 5 atom stereocenters. The lowest BCUT2D eigenvalue weighted by Gasteiger charge is -2.16. The second kappa shape index (κ2) is 8.15. The van der Waals surface area contributed by atoms with E-state index in [9.17, 15) is 10.2 Å². The van der Waals surface area contributed by atoms with E-state index in [2.05, 4.69) is 15.0 Å². The van der Waals surface area contributed by atoms with Crippen molar-refractivity contribution in [3.63, 3.8) is 0 Å². The highest BCUT2D eigenvalue weighted by molar-refractivity contribution is 7.99. The molecule has 5 unspecified atom stereocenters. The van der Waals surface area contributed by atoms with Gasteiger partial charge in [-0.3, -0.25) is 4.57 Å². The number of aliphatic hydroxyl groups is 2. The van der Waals surface area contributed by atoms with Crippen molar-refractivity contribution in [3.05, 3.63) is 12.7 Å². The van der Waals surface area contributed by atoms with E-state index < -0.39 is 30.6 Å². The lowest BCUT2D eigenvalue weighted by Crippen LogP contribution is -2.32. The Hall–Kier alpha value is -1.97. The Labute approximate surface area is 154 Å². The molecule has 0 amide bonds. The van der Waals surface area contributed by atoms with Crippen molar-refractivity contribution in [1.29, 1.82) is 5.26 Å². The molecule has 0 aliphatic carbocycles. The van der Waals surface area contributed by atoms with Crippen molar-refractivity contribution in [2.45, 2.75) is 43.4 Å². The fourth-order valence-electron chi connectivity index (χ4n) is 2.82. The maximum Gasteiger partial charge on any atom is 0.167 e. The number of nitrogens with two attached hydrogens (primary N) is 2. The highest BCUT2D eigenvalue weighted by atomic mass is 32.2. The number of nitrogen functional groups attached to an aromatic ring is 1. The van der Waals surface area contributed by atoms with E-state index in [1.807, 2.05) is 6.07 Å². The minimum atomic E-state index is -1.11. The highest BCUT2D eigenvalue weighted by Crippen LogP contribution is 2.33. The SMILES string of the molecule is N#CC(N)CCCSCC1OC(n2cnc3c(N)ncnc32)C(O)C1O. The summed E-state index contributed by atoms with van der Waals surface area (Å²) >= 11 is 1.58. The molecule has 1 aliphatic rings. The van der Waals surface area contributed by atoms with E-state index in [1.54, 1.807) is 16.3 Å². The van der Waals surface area contributed by atoms with Gasteiger partial charge in [0.25, 0.3) is 0 Å². The molecule has 3 rings (SSSR count). The molecule has 2 aromatic heterocycles. The third kappa shape index (κ3) is 3.74. The zero-order valence-electron chi connectivity index (χ0n) is 14.0. The van der Waals surface area contributed by atoms with Crippen LogP contribution >= 0.6 is 11.8 Å². The first-order valence-electron chi connectivity index (χ1n) is 8.20. The summed E-state index contributed by atoms with van der Waals surface area (Å²) in [5.74, 6) is 1.55. The van der Waals surface area contributed by atoms with Gasteiger partial charge in [-0.15, -0.1) is 0 Å². The predicted octanol–water partition coefficient (Wildman–Crippen LogP) is -0.608. The van der Waals surface area contributed by atoms with Crippen LogP contribution in [0.1, 0.15) is 19.1 Å². The Morgan fingerprint density at radius 1 is 1.35 bits per heavy atom. The molecule has 10 nitrogen and oxygen atoms in total. The predicted molar refractivity (Wildman–Crippen MR) is 95.8 cm³/mol. The molecule has 1 saturated heterocycles. The van der Waals surface area contributed by atoms with Gasteiger partial charge in [0, 0.05) is 5.75 Å². The normalized spacial score (nSPS) is 26.8. The fraction of sp³-hybridized carbons (Fsp3) is 0.600. The summed E-state index contributed by atoms with van der Waals surface area (Å²) in [6, 6.07) is 1.55. The average molecular weight is 379 g/mol. The van der Waals surface area contributed by atoms with Crippen LogP contribution in [0, 0.1) is 11.3 Å². The summed E-state index contributed by atoms with van der Waals surface area (Å²) in [6.45, 7) is 0. The topological polar surface area (TPSA) is 169 Å². The van der Waals surface area contributed by atoms with Gasteiger partial charge in [-0.1, -0.05) is 0 Å². The van der Waals surface area contributed by atoms with E-state index in [-0.39, 0.29) is 5.82 Å². The van der Waals surface area contributed by atoms with Crippen LogP contribution in [-0.2, 0) is 4.74 Å². The number of rotatable bonds is 7. The lowest BCUT2D eigenvalue weighted by atomic mass is 10.1. The van der Waals surface area contributed by atoms with Crippen LogP contribution in [0.2, 0.25) is 0 Å². The lowest BCUT2D eigenvalue weighted by molar-refractivity contribution is -0.0289. The molecule has 0 aromatic carbocycles. The molecule has 2 aromatic rings. The quantitative estimate of drug-likeness (QED) is 0.455. The number of thioether (sulfide) groups is 1. The van der Waals surface area contributed by atoms with Crippen LogP contribution in [0.4, 0.5) is 5.82 Å². The first kappa shape index (κ1) is 18.8. The van der Waals surface area contributed by atoms with Crippen molar-refractivity contribution >= 4 is 28.7 Å². The molecule has 0 radical (unpaired) electrons. The number of aromatic nitrogens is 4. The largest absolute Gasteiger partial charge is 0.387 e. The molecule has 0 saturated carbocycles. The van der Waals surface area contributed by atoms with Crippen molar-refractivity contribution < 1.29 is 14.9 Å². The molecule has 140 valence electrons. The highest BCUT2D eigenvalue weighted by Gasteiger charge is 2.44. The number of hydrogen-bond acceptors (Lipinski definition) is 10. The van der Waals surface area contributed by atoms with Crippen LogP contribution in [0.15, 0.2) is 12.7 Å². The zero-order valence-corrected chi connectivity index (χ0v) is 14.8. The maximum atomic E-state index is 10.4. The molecule has 3 heterocycles. The second-order valence-corrected chi connectivity index (χ2v) is 7.23. The molecular weight excluding hydrogens is 358 g/mol. The number of fused-ring (bicyclic) bond motifs is 1. The van der Waals surface area contributed by atoms with Crippen LogP contribution in [0.3, 0.4) is 0 Å². The van der Waals surface area contributed by atoms with Gasteiger partial charge in [0.15, 0.2) is 17.7 Å². The van der Waals surface area contributed by atoms with Crippen molar-refractivity contribution in [3.8, 4) is 6.07 Å². The third-order valence-corrected chi connectivity index (χ3v) is 5.39. The second-order valence-electron chi connectivity index (χ2n) is 6.08.